The summed E-state index contributed by atoms with van der Waals surface area (Å²) in [7, 11) is 0. The summed E-state index contributed by atoms with van der Waals surface area (Å²) in [6.45, 7) is 3.75. The lowest BCUT2D eigenvalue weighted by molar-refractivity contribution is 0.0636. The Kier molecular flexibility index (Phi) is 7.15. The van der Waals surface area contributed by atoms with Crippen LogP contribution in [-0.2, 0) is 0 Å². The van der Waals surface area contributed by atoms with Crippen LogP contribution in [0, 0.1) is 17.5 Å². The van der Waals surface area contributed by atoms with Crippen LogP contribution in [0.1, 0.15) is 36.5 Å². The van der Waals surface area contributed by atoms with Crippen LogP contribution in [0.2, 0.25) is 0 Å². The lowest BCUT2D eigenvalue weighted by atomic mass is 10.0. The number of aromatic hydroxyl groups is 1. The molecule has 0 aliphatic carbocycles. The SMILES string of the molecule is CCCN(C(=O)c1cc(F)c(F)c(O)c1F)C1CCNCC1.Cl. The zero-order valence-electron chi connectivity index (χ0n) is 12.7. The van der Waals surface area contributed by atoms with Crippen molar-refractivity contribution >= 4 is 18.3 Å². The first kappa shape index (κ1) is 19.6. The molecular formula is C15H20ClF3N2O2. The van der Waals surface area contributed by atoms with E-state index >= 15 is 0 Å². The monoisotopic (exact) mass is 352 g/mol. The average molecular weight is 353 g/mol. The first-order valence-electron chi connectivity index (χ1n) is 7.35. The van der Waals surface area contributed by atoms with E-state index in [1.54, 1.807) is 0 Å². The van der Waals surface area contributed by atoms with Gasteiger partial charge in [-0.3, -0.25) is 4.79 Å². The van der Waals surface area contributed by atoms with Gasteiger partial charge in [0.2, 0.25) is 5.82 Å². The Bertz CT molecular complexity index is 566. The zero-order chi connectivity index (χ0) is 16.3. The number of halogens is 4. The summed E-state index contributed by atoms with van der Waals surface area (Å²) in [6.07, 6.45) is 2.08. The van der Waals surface area contributed by atoms with E-state index in [0.717, 1.165) is 13.1 Å². The Hall–Kier alpha value is -1.47. The maximum absolute atomic E-state index is 13.9. The Morgan fingerprint density at radius 3 is 2.48 bits per heavy atom. The number of nitrogens with one attached hydrogen (secondary N) is 1. The second-order valence-electron chi connectivity index (χ2n) is 5.36. The topological polar surface area (TPSA) is 52.6 Å². The van der Waals surface area contributed by atoms with Crippen molar-refractivity contribution in [2.24, 2.45) is 0 Å². The van der Waals surface area contributed by atoms with E-state index in [4.69, 9.17) is 0 Å². The first-order chi connectivity index (χ1) is 10.5. The molecular weight excluding hydrogens is 333 g/mol. The van der Waals surface area contributed by atoms with Gasteiger partial charge in [0.05, 0.1) is 5.56 Å². The van der Waals surface area contributed by atoms with Gasteiger partial charge in [-0.2, -0.15) is 4.39 Å². The van der Waals surface area contributed by atoms with Crippen molar-refractivity contribution in [1.29, 1.82) is 0 Å². The fourth-order valence-corrected chi connectivity index (χ4v) is 2.71. The van der Waals surface area contributed by atoms with E-state index in [1.165, 1.54) is 4.90 Å². The fourth-order valence-electron chi connectivity index (χ4n) is 2.71. The highest BCUT2D eigenvalue weighted by Crippen LogP contribution is 2.27. The highest BCUT2D eigenvalue weighted by atomic mass is 35.5. The van der Waals surface area contributed by atoms with E-state index in [1.807, 2.05) is 6.92 Å². The number of carbonyl (C=O) groups excluding carboxylic acids is 1. The van der Waals surface area contributed by atoms with Crippen LogP contribution in [-0.4, -0.2) is 41.6 Å². The summed E-state index contributed by atoms with van der Waals surface area (Å²) < 4.78 is 40.5. The van der Waals surface area contributed by atoms with Gasteiger partial charge >= 0.3 is 0 Å². The quantitative estimate of drug-likeness (QED) is 0.819. The number of rotatable bonds is 4. The predicted octanol–water partition coefficient (Wildman–Crippen LogP) is 2.84. The normalized spacial score (nSPS) is 15.1. The van der Waals surface area contributed by atoms with Gasteiger partial charge in [0.25, 0.3) is 5.91 Å². The number of hydrogen-bond donors (Lipinski definition) is 2. The van der Waals surface area contributed by atoms with Gasteiger partial charge in [-0.25, -0.2) is 8.78 Å². The Morgan fingerprint density at radius 2 is 1.91 bits per heavy atom. The smallest absolute Gasteiger partial charge is 0.257 e. The molecule has 2 rings (SSSR count). The molecule has 2 N–H and O–H groups in total. The van der Waals surface area contributed by atoms with Gasteiger partial charge in [-0.05, 0) is 38.4 Å². The summed E-state index contributed by atoms with van der Waals surface area (Å²) in [6, 6.07) is 0.430. The molecule has 0 unspecified atom stereocenters. The van der Waals surface area contributed by atoms with Crippen LogP contribution in [0.15, 0.2) is 6.07 Å². The second kappa shape index (κ2) is 8.40. The van der Waals surface area contributed by atoms with Crippen molar-refractivity contribution < 1.29 is 23.1 Å². The highest BCUT2D eigenvalue weighted by molar-refractivity contribution is 5.95. The predicted molar refractivity (Wildman–Crippen MR) is 82.4 cm³/mol. The molecule has 1 aromatic rings. The van der Waals surface area contributed by atoms with E-state index in [2.05, 4.69) is 5.32 Å². The Morgan fingerprint density at radius 1 is 1.30 bits per heavy atom. The molecule has 1 amide bonds. The number of amides is 1. The third-order valence-corrected chi connectivity index (χ3v) is 3.84. The summed E-state index contributed by atoms with van der Waals surface area (Å²) in [4.78, 5) is 14.0. The van der Waals surface area contributed by atoms with Crippen molar-refractivity contribution in [3.63, 3.8) is 0 Å². The standard InChI is InChI=1S/C15H19F3N2O2.ClH/c1-2-7-20(9-3-5-19-6-4-9)15(22)10-8-11(16)13(18)14(21)12(10)17;/h8-9,19,21H,2-7H2,1H3;1H. The molecule has 0 radical (unpaired) electrons. The summed E-state index contributed by atoms with van der Waals surface area (Å²) in [5, 5.41) is 12.4. The van der Waals surface area contributed by atoms with Gasteiger partial charge in [0.15, 0.2) is 17.4 Å². The molecule has 1 heterocycles. The van der Waals surface area contributed by atoms with E-state index in [-0.39, 0.29) is 18.4 Å². The number of hydrogen-bond acceptors (Lipinski definition) is 3. The van der Waals surface area contributed by atoms with Crippen LogP contribution >= 0.6 is 12.4 Å². The number of benzene rings is 1. The first-order valence-corrected chi connectivity index (χ1v) is 7.35. The molecule has 0 spiro atoms. The van der Waals surface area contributed by atoms with Crippen molar-refractivity contribution in [2.45, 2.75) is 32.2 Å². The molecule has 23 heavy (non-hydrogen) atoms. The summed E-state index contributed by atoms with van der Waals surface area (Å²) >= 11 is 0. The fraction of sp³-hybridized carbons (Fsp3) is 0.533. The highest BCUT2D eigenvalue weighted by Gasteiger charge is 2.30. The molecule has 1 aliphatic rings. The summed E-state index contributed by atoms with van der Waals surface area (Å²) in [5.41, 5.74) is -0.636. The molecule has 0 atom stereocenters. The summed E-state index contributed by atoms with van der Waals surface area (Å²) in [5.74, 6) is -6.72. The van der Waals surface area contributed by atoms with Gasteiger partial charge in [-0.1, -0.05) is 6.92 Å². The number of piperidine rings is 1. The minimum Gasteiger partial charge on any atom is -0.503 e. The molecule has 0 bridgehead atoms. The third-order valence-electron chi connectivity index (χ3n) is 3.84. The van der Waals surface area contributed by atoms with Crippen LogP contribution in [0.3, 0.4) is 0 Å². The van der Waals surface area contributed by atoms with Crippen LogP contribution in [0.25, 0.3) is 0 Å². The number of phenolic OH excluding ortho intramolecular Hbond substituents is 1. The maximum Gasteiger partial charge on any atom is 0.257 e. The number of phenols is 1. The second-order valence-corrected chi connectivity index (χ2v) is 5.36. The van der Waals surface area contributed by atoms with Crippen molar-refractivity contribution in [2.75, 3.05) is 19.6 Å². The van der Waals surface area contributed by atoms with Gasteiger partial charge in [0.1, 0.15) is 0 Å². The molecule has 1 aliphatic heterocycles. The van der Waals surface area contributed by atoms with Gasteiger partial charge < -0.3 is 15.3 Å². The van der Waals surface area contributed by atoms with Gasteiger partial charge in [-0.15, -0.1) is 12.4 Å². The molecule has 1 aromatic carbocycles. The van der Waals surface area contributed by atoms with Gasteiger partial charge in [0, 0.05) is 12.6 Å². The van der Waals surface area contributed by atoms with E-state index in [9.17, 15) is 23.1 Å². The van der Waals surface area contributed by atoms with Crippen molar-refractivity contribution in [1.82, 2.24) is 10.2 Å². The van der Waals surface area contributed by atoms with Crippen molar-refractivity contribution in [3.05, 3.63) is 29.1 Å². The molecule has 0 aromatic heterocycles. The third kappa shape index (κ3) is 4.09. The Labute approximate surface area is 139 Å². The van der Waals surface area contributed by atoms with Crippen LogP contribution in [0.4, 0.5) is 13.2 Å². The Balaban J connectivity index is 0.00000264. The lowest BCUT2D eigenvalue weighted by Gasteiger charge is -2.34. The van der Waals surface area contributed by atoms with E-state index in [0.29, 0.717) is 31.9 Å². The van der Waals surface area contributed by atoms with Crippen LogP contribution in [0.5, 0.6) is 5.75 Å². The molecule has 1 saturated heterocycles. The largest absolute Gasteiger partial charge is 0.503 e. The maximum atomic E-state index is 13.9. The number of carbonyl (C=O) groups is 1. The molecule has 8 heteroatoms. The molecule has 1 fully saturated rings. The number of nitrogens with zero attached hydrogens (tertiary/aromatic N) is 1. The van der Waals surface area contributed by atoms with Crippen molar-refractivity contribution in [3.8, 4) is 5.75 Å². The molecule has 0 saturated carbocycles. The molecule has 130 valence electrons. The minimum absolute atomic E-state index is 0. The molecule has 4 nitrogen and oxygen atoms in total. The minimum atomic E-state index is -1.68. The average Bonchev–Trinajstić information content (AvgIpc) is 2.54. The van der Waals surface area contributed by atoms with E-state index < -0.39 is 34.7 Å². The van der Waals surface area contributed by atoms with Crippen LogP contribution < -0.4 is 5.32 Å². The lowest BCUT2D eigenvalue weighted by Crippen LogP contribution is -2.46. The zero-order valence-corrected chi connectivity index (χ0v) is 13.6.